The molecular weight excluding hydrogens is 254 g/mol. The summed E-state index contributed by atoms with van der Waals surface area (Å²) in [5, 5.41) is 2.90. The molecule has 1 aromatic rings. The van der Waals surface area contributed by atoms with Crippen molar-refractivity contribution < 1.29 is 9.53 Å². The molecule has 0 radical (unpaired) electrons. The number of amides is 1. The standard InChI is InChI=1S/C15H25N3O2/c1-4-20-10-9-18(3)12(2)15(19)17-14-7-5-13(11-16)6-8-14/h5-8,12H,4,9-11,16H2,1-3H3,(H,17,19). The fourth-order valence-electron chi connectivity index (χ4n) is 1.72. The number of carbonyl (C=O) groups is 1. The summed E-state index contributed by atoms with van der Waals surface area (Å²) in [4.78, 5) is 14.1. The zero-order valence-electron chi connectivity index (χ0n) is 12.6. The van der Waals surface area contributed by atoms with E-state index in [1.54, 1.807) is 0 Å². The number of likely N-dealkylation sites (N-methyl/N-ethyl adjacent to an activating group) is 1. The van der Waals surface area contributed by atoms with E-state index in [1.807, 2.05) is 50.1 Å². The van der Waals surface area contributed by atoms with Crippen molar-refractivity contribution in [2.45, 2.75) is 26.4 Å². The van der Waals surface area contributed by atoms with Gasteiger partial charge in [-0.15, -0.1) is 0 Å². The van der Waals surface area contributed by atoms with Gasteiger partial charge in [-0.05, 0) is 38.6 Å². The van der Waals surface area contributed by atoms with E-state index in [4.69, 9.17) is 10.5 Å². The number of hydrogen-bond donors (Lipinski definition) is 2. The Morgan fingerprint density at radius 1 is 1.40 bits per heavy atom. The van der Waals surface area contributed by atoms with Crippen LogP contribution >= 0.6 is 0 Å². The number of hydrogen-bond acceptors (Lipinski definition) is 4. The van der Waals surface area contributed by atoms with Gasteiger partial charge in [0.05, 0.1) is 12.6 Å². The van der Waals surface area contributed by atoms with Crippen LogP contribution in [0, 0.1) is 0 Å². The third-order valence-corrected chi connectivity index (χ3v) is 3.29. The molecule has 5 nitrogen and oxygen atoms in total. The second-order valence-electron chi connectivity index (χ2n) is 4.74. The number of nitrogens with zero attached hydrogens (tertiary/aromatic N) is 1. The summed E-state index contributed by atoms with van der Waals surface area (Å²) in [5.74, 6) is -0.0236. The predicted molar refractivity (Wildman–Crippen MR) is 81.5 cm³/mol. The van der Waals surface area contributed by atoms with E-state index in [2.05, 4.69) is 5.32 Å². The Bertz CT molecular complexity index is 406. The summed E-state index contributed by atoms with van der Waals surface area (Å²) in [6, 6.07) is 7.36. The fourth-order valence-corrected chi connectivity index (χ4v) is 1.72. The van der Waals surface area contributed by atoms with Gasteiger partial charge in [-0.2, -0.15) is 0 Å². The first kappa shape index (κ1) is 16.6. The minimum Gasteiger partial charge on any atom is -0.380 e. The summed E-state index contributed by atoms with van der Waals surface area (Å²) >= 11 is 0. The Balaban J connectivity index is 2.47. The summed E-state index contributed by atoms with van der Waals surface area (Å²) in [5.41, 5.74) is 7.38. The third-order valence-electron chi connectivity index (χ3n) is 3.29. The topological polar surface area (TPSA) is 67.6 Å². The van der Waals surface area contributed by atoms with Crippen LogP contribution in [0.3, 0.4) is 0 Å². The minimum absolute atomic E-state index is 0.0236. The van der Waals surface area contributed by atoms with Crippen molar-refractivity contribution in [1.29, 1.82) is 0 Å². The Morgan fingerprint density at radius 2 is 2.05 bits per heavy atom. The molecule has 1 amide bonds. The van der Waals surface area contributed by atoms with Gasteiger partial charge in [0.15, 0.2) is 0 Å². The SMILES string of the molecule is CCOCCN(C)C(C)C(=O)Nc1ccc(CN)cc1. The van der Waals surface area contributed by atoms with Crippen LogP contribution in [0.1, 0.15) is 19.4 Å². The lowest BCUT2D eigenvalue weighted by molar-refractivity contribution is -0.120. The van der Waals surface area contributed by atoms with Gasteiger partial charge in [0.2, 0.25) is 5.91 Å². The molecule has 3 N–H and O–H groups in total. The lowest BCUT2D eigenvalue weighted by Gasteiger charge is -2.23. The molecule has 0 saturated carbocycles. The van der Waals surface area contributed by atoms with Crippen LogP contribution in [0.5, 0.6) is 0 Å². The molecule has 1 aromatic carbocycles. The van der Waals surface area contributed by atoms with Crippen molar-refractivity contribution in [2.24, 2.45) is 5.73 Å². The van der Waals surface area contributed by atoms with Gasteiger partial charge >= 0.3 is 0 Å². The molecule has 0 aliphatic heterocycles. The smallest absolute Gasteiger partial charge is 0.241 e. The van der Waals surface area contributed by atoms with Crippen molar-refractivity contribution in [3.05, 3.63) is 29.8 Å². The maximum Gasteiger partial charge on any atom is 0.241 e. The molecule has 0 aromatic heterocycles. The first-order valence-corrected chi connectivity index (χ1v) is 6.96. The van der Waals surface area contributed by atoms with Crippen LogP contribution in [0.2, 0.25) is 0 Å². The number of anilines is 1. The summed E-state index contributed by atoms with van der Waals surface area (Å²) in [6.45, 7) is 6.41. The van der Waals surface area contributed by atoms with E-state index in [0.29, 0.717) is 19.8 Å². The van der Waals surface area contributed by atoms with Gasteiger partial charge in [0.25, 0.3) is 0 Å². The summed E-state index contributed by atoms with van der Waals surface area (Å²) < 4.78 is 5.29. The second kappa shape index (κ2) is 8.68. The molecular formula is C15H25N3O2. The molecule has 0 heterocycles. The van der Waals surface area contributed by atoms with Crippen molar-refractivity contribution in [1.82, 2.24) is 4.90 Å². The zero-order valence-corrected chi connectivity index (χ0v) is 12.6. The highest BCUT2D eigenvalue weighted by Crippen LogP contribution is 2.10. The molecule has 5 heteroatoms. The number of nitrogens with one attached hydrogen (secondary N) is 1. The molecule has 1 atom stereocenters. The van der Waals surface area contributed by atoms with Crippen LogP contribution in [-0.4, -0.2) is 43.7 Å². The number of ether oxygens (including phenoxy) is 1. The number of carbonyl (C=O) groups excluding carboxylic acids is 1. The van der Waals surface area contributed by atoms with Gasteiger partial charge in [-0.3, -0.25) is 9.69 Å². The average Bonchev–Trinajstić information content (AvgIpc) is 2.47. The zero-order chi connectivity index (χ0) is 15.0. The predicted octanol–water partition coefficient (Wildman–Crippen LogP) is 1.44. The molecule has 0 fully saturated rings. The Morgan fingerprint density at radius 3 is 2.60 bits per heavy atom. The van der Waals surface area contributed by atoms with Gasteiger partial charge in [-0.1, -0.05) is 12.1 Å². The average molecular weight is 279 g/mol. The quantitative estimate of drug-likeness (QED) is 0.707. The number of rotatable bonds is 8. The van der Waals surface area contributed by atoms with Crippen molar-refractivity contribution in [3.8, 4) is 0 Å². The maximum absolute atomic E-state index is 12.1. The van der Waals surface area contributed by atoms with Crippen LogP contribution in [-0.2, 0) is 16.1 Å². The van der Waals surface area contributed by atoms with E-state index < -0.39 is 0 Å². The lowest BCUT2D eigenvalue weighted by atomic mass is 10.2. The molecule has 0 spiro atoms. The summed E-state index contributed by atoms with van der Waals surface area (Å²) in [6.07, 6.45) is 0. The highest BCUT2D eigenvalue weighted by atomic mass is 16.5. The highest BCUT2D eigenvalue weighted by molar-refractivity contribution is 5.94. The largest absolute Gasteiger partial charge is 0.380 e. The third kappa shape index (κ3) is 5.28. The summed E-state index contributed by atoms with van der Waals surface area (Å²) in [7, 11) is 1.92. The van der Waals surface area contributed by atoms with Crippen LogP contribution in [0.4, 0.5) is 5.69 Å². The van der Waals surface area contributed by atoms with Crippen LogP contribution < -0.4 is 11.1 Å². The second-order valence-corrected chi connectivity index (χ2v) is 4.74. The lowest BCUT2D eigenvalue weighted by Crippen LogP contribution is -2.41. The molecule has 0 aliphatic rings. The van der Waals surface area contributed by atoms with Crippen molar-refractivity contribution >= 4 is 11.6 Å². The Kier molecular flexibility index (Phi) is 7.22. The van der Waals surface area contributed by atoms with E-state index in [9.17, 15) is 4.79 Å². The van der Waals surface area contributed by atoms with Crippen molar-refractivity contribution in [3.63, 3.8) is 0 Å². The van der Waals surface area contributed by atoms with Crippen molar-refractivity contribution in [2.75, 3.05) is 32.1 Å². The monoisotopic (exact) mass is 279 g/mol. The van der Waals surface area contributed by atoms with E-state index >= 15 is 0 Å². The molecule has 1 rings (SSSR count). The van der Waals surface area contributed by atoms with E-state index in [-0.39, 0.29) is 11.9 Å². The molecule has 0 bridgehead atoms. The Labute approximate surface area is 121 Å². The van der Waals surface area contributed by atoms with Gasteiger partial charge in [0, 0.05) is 25.4 Å². The number of benzene rings is 1. The van der Waals surface area contributed by atoms with Gasteiger partial charge in [0.1, 0.15) is 0 Å². The van der Waals surface area contributed by atoms with Gasteiger partial charge < -0.3 is 15.8 Å². The van der Waals surface area contributed by atoms with Crippen LogP contribution in [0.25, 0.3) is 0 Å². The fraction of sp³-hybridized carbons (Fsp3) is 0.533. The number of nitrogens with two attached hydrogens (primary N) is 1. The highest BCUT2D eigenvalue weighted by Gasteiger charge is 2.17. The maximum atomic E-state index is 12.1. The first-order chi connectivity index (χ1) is 9.58. The molecule has 112 valence electrons. The normalized spacial score (nSPS) is 12.4. The molecule has 1 unspecified atom stereocenters. The minimum atomic E-state index is -0.204. The van der Waals surface area contributed by atoms with E-state index in [0.717, 1.165) is 17.8 Å². The first-order valence-electron chi connectivity index (χ1n) is 6.96. The molecule has 0 aliphatic carbocycles. The molecule has 20 heavy (non-hydrogen) atoms. The van der Waals surface area contributed by atoms with Gasteiger partial charge in [-0.25, -0.2) is 0 Å². The molecule has 0 saturated heterocycles. The van der Waals surface area contributed by atoms with E-state index in [1.165, 1.54) is 0 Å². The Hall–Kier alpha value is -1.43. The van der Waals surface area contributed by atoms with Crippen LogP contribution in [0.15, 0.2) is 24.3 Å².